The maximum Gasteiger partial charge on any atom is 0.223 e. The molecule has 1 aromatic heterocycles. The van der Waals surface area contributed by atoms with Crippen LogP contribution >= 0.6 is 35.9 Å². The van der Waals surface area contributed by atoms with Crippen molar-refractivity contribution in [2.75, 3.05) is 10.0 Å². The van der Waals surface area contributed by atoms with Crippen molar-refractivity contribution in [3.63, 3.8) is 0 Å². The number of hydrogen-bond donors (Lipinski definition) is 3. The van der Waals surface area contributed by atoms with Gasteiger partial charge in [-0.25, -0.2) is 4.98 Å². The summed E-state index contributed by atoms with van der Waals surface area (Å²) in [5.74, 6) is -0.116. The lowest BCUT2D eigenvalue weighted by Crippen LogP contribution is -2.04. The molecule has 122 valence electrons. The molecule has 1 amide bonds. The van der Waals surface area contributed by atoms with Gasteiger partial charge in [0.2, 0.25) is 5.91 Å². The van der Waals surface area contributed by atoms with Crippen molar-refractivity contribution in [2.24, 2.45) is 0 Å². The Morgan fingerprint density at radius 3 is 2.75 bits per heavy atom. The Kier molecular flexibility index (Phi) is 5.44. The minimum atomic E-state index is -0.116. The molecule has 0 unspecified atom stereocenters. The predicted molar refractivity (Wildman–Crippen MR) is 105 cm³/mol. The van der Waals surface area contributed by atoms with E-state index in [-0.39, 0.29) is 5.91 Å². The third-order valence-electron chi connectivity index (χ3n) is 3.07. The molecule has 2 aromatic carbocycles. The monoisotopic (exact) mass is 373 g/mol. The average Bonchev–Trinajstić information content (AvgIpc) is 3.02. The maximum atomic E-state index is 11.1. The fraction of sp³-hybridized carbons (Fsp3) is 0.0588. The van der Waals surface area contributed by atoms with E-state index < -0.39 is 0 Å². The second-order valence-electron chi connectivity index (χ2n) is 5.00. The van der Waals surface area contributed by atoms with Gasteiger partial charge >= 0.3 is 0 Å². The first-order valence-corrected chi connectivity index (χ1v) is 9.30. The van der Waals surface area contributed by atoms with E-state index in [1.807, 2.05) is 53.9 Å². The number of rotatable bonds is 5. The van der Waals surface area contributed by atoms with Crippen molar-refractivity contribution in [2.45, 2.75) is 16.7 Å². The van der Waals surface area contributed by atoms with Gasteiger partial charge in [0.25, 0.3) is 0 Å². The zero-order valence-corrected chi connectivity index (χ0v) is 15.3. The highest BCUT2D eigenvalue weighted by Crippen LogP contribution is 2.29. The molecule has 24 heavy (non-hydrogen) atoms. The number of hydrogen-bond acceptors (Lipinski definition) is 6. The Labute approximate surface area is 154 Å². The molecule has 0 aliphatic heterocycles. The molecule has 0 fully saturated rings. The van der Waals surface area contributed by atoms with E-state index in [1.54, 1.807) is 11.9 Å². The molecule has 7 heteroatoms. The molecule has 3 aromatic rings. The van der Waals surface area contributed by atoms with Gasteiger partial charge in [-0.3, -0.25) is 4.79 Å². The van der Waals surface area contributed by atoms with Gasteiger partial charge in [0.05, 0.1) is 5.69 Å². The third kappa shape index (κ3) is 4.53. The van der Waals surface area contributed by atoms with Crippen LogP contribution < -0.4 is 10.0 Å². The van der Waals surface area contributed by atoms with Gasteiger partial charge in [0.15, 0.2) is 5.13 Å². The molecular weight excluding hydrogens is 358 g/mol. The van der Waals surface area contributed by atoms with E-state index >= 15 is 0 Å². The second-order valence-corrected chi connectivity index (χ2v) is 7.25. The quantitative estimate of drug-likeness (QED) is 0.426. The summed E-state index contributed by atoms with van der Waals surface area (Å²) in [7, 11) is 0. The lowest BCUT2D eigenvalue weighted by molar-refractivity contribution is -0.114. The van der Waals surface area contributed by atoms with Crippen molar-refractivity contribution in [1.82, 2.24) is 4.98 Å². The predicted octanol–water partition coefficient (Wildman–Crippen LogP) is 5.18. The molecule has 4 nitrogen and oxygen atoms in total. The molecule has 0 saturated heterocycles. The summed E-state index contributed by atoms with van der Waals surface area (Å²) in [6.45, 7) is 1.48. The van der Waals surface area contributed by atoms with Gasteiger partial charge in [-0.15, -0.1) is 24.0 Å². The SMILES string of the molecule is CC(=O)Nc1nc(-c2cccc(NSc3ccc(S)cc3)c2)cs1. The van der Waals surface area contributed by atoms with Crippen LogP contribution in [-0.4, -0.2) is 10.9 Å². The van der Waals surface area contributed by atoms with E-state index in [0.29, 0.717) is 5.13 Å². The van der Waals surface area contributed by atoms with Gasteiger partial charge in [-0.1, -0.05) is 12.1 Å². The number of amides is 1. The topological polar surface area (TPSA) is 54.0 Å². The van der Waals surface area contributed by atoms with Crippen LogP contribution in [-0.2, 0) is 4.79 Å². The van der Waals surface area contributed by atoms with Crippen molar-refractivity contribution in [1.29, 1.82) is 0 Å². The number of carbonyl (C=O) groups excluding carboxylic acids is 1. The first-order valence-electron chi connectivity index (χ1n) is 7.15. The minimum Gasteiger partial charge on any atom is -0.326 e. The minimum absolute atomic E-state index is 0.116. The summed E-state index contributed by atoms with van der Waals surface area (Å²) in [5, 5.41) is 5.25. The fourth-order valence-electron chi connectivity index (χ4n) is 1.99. The lowest BCUT2D eigenvalue weighted by Gasteiger charge is -2.07. The Hall–Kier alpha value is -1.96. The van der Waals surface area contributed by atoms with Crippen LogP contribution in [0.4, 0.5) is 10.8 Å². The Morgan fingerprint density at radius 1 is 1.21 bits per heavy atom. The number of anilines is 2. The van der Waals surface area contributed by atoms with E-state index in [4.69, 9.17) is 0 Å². The average molecular weight is 374 g/mol. The molecular formula is C17H15N3OS3. The maximum absolute atomic E-state index is 11.1. The summed E-state index contributed by atoms with van der Waals surface area (Å²) in [4.78, 5) is 17.6. The first kappa shape index (κ1) is 16.9. The summed E-state index contributed by atoms with van der Waals surface area (Å²) in [6.07, 6.45) is 0. The number of nitrogens with one attached hydrogen (secondary N) is 2. The van der Waals surface area contributed by atoms with Gasteiger partial charge < -0.3 is 10.0 Å². The molecule has 0 atom stereocenters. The number of thiol groups is 1. The van der Waals surface area contributed by atoms with Crippen LogP contribution in [0.25, 0.3) is 11.3 Å². The molecule has 0 spiro atoms. The van der Waals surface area contributed by atoms with Crippen molar-refractivity contribution in [3.8, 4) is 11.3 Å². The van der Waals surface area contributed by atoms with E-state index in [2.05, 4.69) is 27.7 Å². The molecule has 0 radical (unpaired) electrons. The van der Waals surface area contributed by atoms with Crippen LogP contribution in [0, 0.1) is 0 Å². The summed E-state index contributed by atoms with van der Waals surface area (Å²) >= 11 is 7.24. The number of thiazole rings is 1. The Bertz CT molecular complexity index is 846. The Morgan fingerprint density at radius 2 is 2.00 bits per heavy atom. The molecule has 0 bridgehead atoms. The van der Waals surface area contributed by atoms with E-state index in [1.165, 1.54) is 18.3 Å². The molecule has 1 heterocycles. The highest BCUT2D eigenvalue weighted by atomic mass is 32.2. The fourth-order valence-corrected chi connectivity index (χ4v) is 3.54. The molecule has 0 aliphatic rings. The highest BCUT2D eigenvalue weighted by Gasteiger charge is 2.06. The smallest absolute Gasteiger partial charge is 0.223 e. The zero-order chi connectivity index (χ0) is 16.9. The van der Waals surface area contributed by atoms with Gasteiger partial charge in [-0.2, -0.15) is 0 Å². The first-order chi connectivity index (χ1) is 11.6. The standard InChI is InChI=1S/C17H15N3OS3/c1-11(21)18-17-19-16(10-23-17)12-3-2-4-13(9-12)20-24-15-7-5-14(22)6-8-15/h2-10,20,22H,1H3,(H,18,19,21). The third-order valence-corrected chi connectivity index (χ3v) is 4.97. The largest absolute Gasteiger partial charge is 0.326 e. The van der Waals surface area contributed by atoms with Crippen LogP contribution in [0.15, 0.2) is 63.7 Å². The van der Waals surface area contributed by atoms with Crippen LogP contribution in [0.1, 0.15) is 6.92 Å². The van der Waals surface area contributed by atoms with Crippen molar-refractivity contribution in [3.05, 3.63) is 53.9 Å². The molecule has 2 N–H and O–H groups in total. The van der Waals surface area contributed by atoms with E-state index in [9.17, 15) is 4.79 Å². The van der Waals surface area contributed by atoms with Crippen molar-refractivity contribution >= 4 is 52.6 Å². The van der Waals surface area contributed by atoms with Gasteiger partial charge in [-0.05, 0) is 48.3 Å². The molecule has 3 rings (SSSR count). The second kappa shape index (κ2) is 7.74. The summed E-state index contributed by atoms with van der Waals surface area (Å²) < 4.78 is 3.33. The molecule has 0 aliphatic carbocycles. The number of benzene rings is 2. The van der Waals surface area contributed by atoms with Crippen LogP contribution in [0.5, 0.6) is 0 Å². The summed E-state index contributed by atoms with van der Waals surface area (Å²) in [6, 6.07) is 16.0. The number of nitrogens with zero attached hydrogens (tertiary/aromatic N) is 1. The number of aromatic nitrogens is 1. The van der Waals surface area contributed by atoms with Gasteiger partial charge in [0.1, 0.15) is 0 Å². The summed E-state index contributed by atoms with van der Waals surface area (Å²) in [5.41, 5.74) is 2.83. The van der Waals surface area contributed by atoms with Gasteiger partial charge in [0, 0.05) is 33.3 Å². The normalized spacial score (nSPS) is 10.4. The highest BCUT2D eigenvalue weighted by molar-refractivity contribution is 8.00. The van der Waals surface area contributed by atoms with Crippen LogP contribution in [0.3, 0.4) is 0 Å². The van der Waals surface area contributed by atoms with E-state index in [0.717, 1.165) is 26.7 Å². The molecule has 0 saturated carbocycles. The number of carbonyl (C=O) groups is 1. The van der Waals surface area contributed by atoms with Crippen LogP contribution in [0.2, 0.25) is 0 Å². The lowest BCUT2D eigenvalue weighted by atomic mass is 10.1. The van der Waals surface area contributed by atoms with Crippen molar-refractivity contribution < 1.29 is 4.79 Å². The Balaban J connectivity index is 1.70. The zero-order valence-electron chi connectivity index (χ0n) is 12.8.